The number of H-pyrrole nitrogens is 2. The zero-order valence-corrected chi connectivity index (χ0v) is 15.1. The average Bonchev–Trinajstić information content (AvgIpc) is 3.00. The lowest BCUT2D eigenvalue weighted by molar-refractivity contribution is -0.121. The van der Waals surface area contributed by atoms with Crippen LogP contribution in [0.15, 0.2) is 29.1 Å². The third-order valence-electron chi connectivity index (χ3n) is 4.41. The van der Waals surface area contributed by atoms with Crippen molar-refractivity contribution in [2.45, 2.75) is 39.5 Å². The molecule has 0 bridgehead atoms. The van der Waals surface area contributed by atoms with Crippen molar-refractivity contribution in [3.63, 3.8) is 0 Å². The molecule has 136 valence electrons. The Hall–Kier alpha value is -2.96. The summed E-state index contributed by atoms with van der Waals surface area (Å²) >= 11 is 0. The number of imidazole rings is 1. The van der Waals surface area contributed by atoms with E-state index in [1.807, 2.05) is 31.2 Å². The van der Waals surface area contributed by atoms with Crippen molar-refractivity contribution in [2.24, 2.45) is 0 Å². The van der Waals surface area contributed by atoms with Gasteiger partial charge in [0, 0.05) is 30.8 Å². The van der Waals surface area contributed by atoms with Crippen molar-refractivity contribution in [3.8, 4) is 0 Å². The predicted octanol–water partition coefficient (Wildman–Crippen LogP) is 1.94. The number of carbonyl (C=O) groups is 1. The van der Waals surface area contributed by atoms with Crippen LogP contribution in [0.25, 0.3) is 11.0 Å². The fraction of sp³-hybridized carbons (Fsp3) is 0.368. The molecular weight excluding hydrogens is 330 g/mol. The fourth-order valence-electron chi connectivity index (χ4n) is 3.06. The van der Waals surface area contributed by atoms with Crippen LogP contribution in [0.1, 0.15) is 35.6 Å². The highest BCUT2D eigenvalue weighted by Gasteiger charge is 2.09. The quantitative estimate of drug-likeness (QED) is 0.565. The molecule has 0 fully saturated rings. The van der Waals surface area contributed by atoms with Crippen LogP contribution in [0.5, 0.6) is 0 Å². The largest absolute Gasteiger partial charge is 0.356 e. The van der Waals surface area contributed by atoms with Gasteiger partial charge in [-0.05, 0) is 44.4 Å². The number of aromatic nitrogens is 4. The zero-order valence-electron chi connectivity index (χ0n) is 15.1. The molecule has 0 unspecified atom stereocenters. The second-order valence-electron chi connectivity index (χ2n) is 6.39. The molecular formula is C19H23N5O2. The number of aryl methyl sites for hydroxylation is 3. The van der Waals surface area contributed by atoms with Crippen LogP contribution in [0.4, 0.5) is 0 Å². The van der Waals surface area contributed by atoms with E-state index in [1.165, 1.54) is 0 Å². The fourth-order valence-corrected chi connectivity index (χ4v) is 3.06. The normalized spacial score (nSPS) is 11.0. The summed E-state index contributed by atoms with van der Waals surface area (Å²) in [6, 6.07) is 7.93. The lowest BCUT2D eigenvalue weighted by Gasteiger charge is -2.08. The minimum atomic E-state index is -0.348. The molecule has 1 amide bonds. The van der Waals surface area contributed by atoms with Crippen molar-refractivity contribution >= 4 is 16.9 Å². The summed E-state index contributed by atoms with van der Waals surface area (Å²) in [4.78, 5) is 37.7. The van der Waals surface area contributed by atoms with Crippen molar-refractivity contribution in [1.82, 2.24) is 25.3 Å². The first-order valence-electron chi connectivity index (χ1n) is 8.79. The third kappa shape index (κ3) is 4.36. The molecule has 0 spiro atoms. The number of amides is 1. The second kappa shape index (κ2) is 7.95. The predicted molar refractivity (Wildman–Crippen MR) is 100 cm³/mol. The Labute approximate surface area is 151 Å². The molecule has 3 rings (SSSR count). The molecule has 0 aliphatic carbocycles. The van der Waals surface area contributed by atoms with Crippen molar-refractivity contribution in [2.75, 3.05) is 6.54 Å². The molecule has 2 aromatic heterocycles. The Kier molecular flexibility index (Phi) is 5.46. The van der Waals surface area contributed by atoms with E-state index in [9.17, 15) is 9.59 Å². The van der Waals surface area contributed by atoms with Crippen LogP contribution >= 0.6 is 0 Å². The molecule has 2 heterocycles. The molecule has 3 aromatic rings. The van der Waals surface area contributed by atoms with Crippen LogP contribution in [-0.4, -0.2) is 32.4 Å². The Morgan fingerprint density at radius 1 is 1.12 bits per heavy atom. The van der Waals surface area contributed by atoms with E-state index < -0.39 is 0 Å². The van der Waals surface area contributed by atoms with E-state index >= 15 is 0 Å². The molecule has 0 saturated carbocycles. The van der Waals surface area contributed by atoms with E-state index in [1.54, 1.807) is 6.92 Å². The minimum absolute atomic E-state index is 0.000365. The van der Waals surface area contributed by atoms with Gasteiger partial charge in [-0.15, -0.1) is 0 Å². The molecule has 26 heavy (non-hydrogen) atoms. The van der Waals surface area contributed by atoms with Crippen molar-refractivity contribution in [3.05, 3.63) is 57.5 Å². The van der Waals surface area contributed by atoms with E-state index in [2.05, 4.69) is 25.3 Å². The second-order valence-corrected chi connectivity index (χ2v) is 6.39. The Morgan fingerprint density at radius 3 is 2.69 bits per heavy atom. The number of benzene rings is 1. The summed E-state index contributed by atoms with van der Waals surface area (Å²) in [7, 11) is 0. The van der Waals surface area contributed by atoms with Gasteiger partial charge in [0.2, 0.25) is 5.91 Å². The van der Waals surface area contributed by atoms with E-state index in [-0.39, 0.29) is 11.6 Å². The highest BCUT2D eigenvalue weighted by Crippen LogP contribution is 2.11. The van der Waals surface area contributed by atoms with Gasteiger partial charge in [-0.1, -0.05) is 12.1 Å². The summed E-state index contributed by atoms with van der Waals surface area (Å²) in [6.45, 7) is 4.23. The number of para-hydroxylation sites is 2. The molecule has 1 aromatic carbocycles. The summed E-state index contributed by atoms with van der Waals surface area (Å²) in [5.41, 5.74) is 4.04. The SMILES string of the molecule is Cc1nc(=O)[nH]c(C)c1CCC(=O)NCCCc1nc2ccccc2[nH]1. The summed E-state index contributed by atoms with van der Waals surface area (Å²) in [5.74, 6) is 0.936. The molecule has 0 radical (unpaired) electrons. The lowest BCUT2D eigenvalue weighted by atomic mass is 10.1. The molecule has 3 N–H and O–H groups in total. The van der Waals surface area contributed by atoms with E-state index in [0.717, 1.165) is 41.0 Å². The Morgan fingerprint density at radius 2 is 1.92 bits per heavy atom. The zero-order chi connectivity index (χ0) is 18.5. The van der Waals surface area contributed by atoms with Gasteiger partial charge in [0.1, 0.15) is 5.82 Å². The first kappa shape index (κ1) is 17.8. The number of nitrogens with zero attached hydrogens (tertiary/aromatic N) is 2. The average molecular weight is 353 g/mol. The van der Waals surface area contributed by atoms with Gasteiger partial charge in [-0.25, -0.2) is 9.78 Å². The maximum Gasteiger partial charge on any atom is 0.345 e. The summed E-state index contributed by atoms with van der Waals surface area (Å²) in [5, 5.41) is 2.93. The summed E-state index contributed by atoms with van der Waals surface area (Å²) < 4.78 is 0. The number of aromatic amines is 2. The first-order chi connectivity index (χ1) is 12.5. The highest BCUT2D eigenvalue weighted by atomic mass is 16.1. The van der Waals surface area contributed by atoms with Crippen molar-refractivity contribution < 1.29 is 4.79 Å². The van der Waals surface area contributed by atoms with Gasteiger partial charge in [0.15, 0.2) is 0 Å². The van der Waals surface area contributed by atoms with Crippen LogP contribution < -0.4 is 11.0 Å². The monoisotopic (exact) mass is 353 g/mol. The maximum atomic E-state index is 12.0. The maximum absolute atomic E-state index is 12.0. The molecule has 7 nitrogen and oxygen atoms in total. The van der Waals surface area contributed by atoms with Gasteiger partial charge >= 0.3 is 5.69 Å². The number of hydrogen-bond donors (Lipinski definition) is 3. The van der Waals surface area contributed by atoms with Crippen LogP contribution in [0, 0.1) is 13.8 Å². The smallest absolute Gasteiger partial charge is 0.345 e. The van der Waals surface area contributed by atoms with Gasteiger partial charge < -0.3 is 15.3 Å². The van der Waals surface area contributed by atoms with Gasteiger partial charge in [-0.2, -0.15) is 4.98 Å². The van der Waals surface area contributed by atoms with Gasteiger partial charge in [0.05, 0.1) is 11.0 Å². The molecule has 0 aliphatic rings. The molecule has 0 saturated heterocycles. The van der Waals surface area contributed by atoms with Gasteiger partial charge in [0.25, 0.3) is 0 Å². The van der Waals surface area contributed by atoms with Crippen LogP contribution in [-0.2, 0) is 17.6 Å². The first-order valence-corrected chi connectivity index (χ1v) is 8.79. The third-order valence-corrected chi connectivity index (χ3v) is 4.41. The van der Waals surface area contributed by atoms with E-state index in [4.69, 9.17) is 0 Å². The lowest BCUT2D eigenvalue weighted by Crippen LogP contribution is -2.25. The molecule has 0 aliphatic heterocycles. The summed E-state index contributed by atoms with van der Waals surface area (Å²) in [6.07, 6.45) is 2.55. The van der Waals surface area contributed by atoms with Crippen LogP contribution in [0.3, 0.4) is 0 Å². The Balaban J connectivity index is 1.42. The standard InChI is InChI=1S/C19H23N5O2/c1-12-14(13(2)22-19(26)21-12)9-10-18(25)20-11-5-8-17-23-15-6-3-4-7-16(15)24-17/h3-4,6-7H,5,8-11H2,1-2H3,(H,20,25)(H,23,24)(H,21,22,26). The number of fused-ring (bicyclic) bond motifs is 1. The van der Waals surface area contributed by atoms with Crippen molar-refractivity contribution in [1.29, 1.82) is 0 Å². The Bertz CT molecular complexity index is 914. The highest BCUT2D eigenvalue weighted by molar-refractivity contribution is 5.76. The molecule has 7 heteroatoms. The van der Waals surface area contributed by atoms with Crippen LogP contribution in [0.2, 0.25) is 0 Å². The number of hydrogen-bond acceptors (Lipinski definition) is 4. The molecule has 0 atom stereocenters. The number of carbonyl (C=O) groups excluding carboxylic acids is 1. The number of nitrogens with one attached hydrogen (secondary N) is 3. The van der Waals surface area contributed by atoms with E-state index in [0.29, 0.717) is 25.1 Å². The minimum Gasteiger partial charge on any atom is -0.356 e. The van der Waals surface area contributed by atoms with Gasteiger partial charge in [-0.3, -0.25) is 4.79 Å². The topological polar surface area (TPSA) is 104 Å². The number of rotatable bonds is 7.